The monoisotopic (exact) mass is 288 g/mol. The SMILES string of the molecule is COc1ccc(-c2nc3ccc(Cl)cc3n2C)c(O)c1. The molecule has 0 aliphatic heterocycles. The predicted molar refractivity (Wildman–Crippen MR) is 79.4 cm³/mol. The van der Waals surface area contributed by atoms with E-state index in [0.29, 0.717) is 22.2 Å². The molecule has 2 aromatic carbocycles. The summed E-state index contributed by atoms with van der Waals surface area (Å²) in [5, 5.41) is 10.8. The van der Waals surface area contributed by atoms with E-state index >= 15 is 0 Å². The van der Waals surface area contributed by atoms with Crippen molar-refractivity contribution < 1.29 is 9.84 Å². The van der Waals surface area contributed by atoms with Crippen LogP contribution < -0.4 is 4.74 Å². The molecule has 0 unspecified atom stereocenters. The van der Waals surface area contributed by atoms with Crippen LogP contribution >= 0.6 is 11.6 Å². The molecule has 0 spiro atoms. The van der Waals surface area contributed by atoms with Gasteiger partial charge in [0.1, 0.15) is 17.3 Å². The van der Waals surface area contributed by atoms with E-state index in [2.05, 4.69) is 4.98 Å². The van der Waals surface area contributed by atoms with Crippen molar-refractivity contribution in [1.29, 1.82) is 0 Å². The van der Waals surface area contributed by atoms with Gasteiger partial charge in [0.05, 0.1) is 23.7 Å². The molecule has 0 radical (unpaired) electrons. The molecule has 1 N–H and O–H groups in total. The molecule has 1 heterocycles. The normalized spacial score (nSPS) is 10.9. The van der Waals surface area contributed by atoms with Crippen LogP contribution in [0.25, 0.3) is 22.4 Å². The van der Waals surface area contributed by atoms with E-state index in [4.69, 9.17) is 16.3 Å². The number of fused-ring (bicyclic) bond motifs is 1. The van der Waals surface area contributed by atoms with Crippen LogP contribution in [0.15, 0.2) is 36.4 Å². The van der Waals surface area contributed by atoms with E-state index in [1.54, 1.807) is 31.4 Å². The number of imidazole rings is 1. The zero-order valence-corrected chi connectivity index (χ0v) is 11.8. The lowest BCUT2D eigenvalue weighted by Crippen LogP contribution is -1.93. The van der Waals surface area contributed by atoms with Gasteiger partial charge < -0.3 is 14.4 Å². The van der Waals surface area contributed by atoms with Gasteiger partial charge in [0.15, 0.2) is 0 Å². The Labute approximate surface area is 121 Å². The number of hydrogen-bond acceptors (Lipinski definition) is 3. The maximum Gasteiger partial charge on any atom is 0.144 e. The second-order valence-corrected chi connectivity index (χ2v) is 4.95. The second kappa shape index (κ2) is 4.72. The Balaban J connectivity index is 2.22. The number of phenols is 1. The first-order valence-corrected chi connectivity index (χ1v) is 6.47. The largest absolute Gasteiger partial charge is 0.507 e. The average molecular weight is 289 g/mol. The van der Waals surface area contributed by atoms with Crippen molar-refractivity contribution in [3.8, 4) is 22.9 Å². The van der Waals surface area contributed by atoms with Crippen LogP contribution in [-0.2, 0) is 7.05 Å². The predicted octanol–water partition coefficient (Wildman–Crippen LogP) is 3.61. The molecule has 0 bridgehead atoms. The van der Waals surface area contributed by atoms with E-state index in [0.717, 1.165) is 11.0 Å². The number of aryl methyl sites for hydroxylation is 1. The van der Waals surface area contributed by atoms with Crippen molar-refractivity contribution in [2.24, 2.45) is 7.05 Å². The summed E-state index contributed by atoms with van der Waals surface area (Å²) in [4.78, 5) is 4.54. The molecule has 3 aromatic rings. The number of nitrogens with zero attached hydrogens (tertiary/aromatic N) is 2. The minimum Gasteiger partial charge on any atom is -0.507 e. The lowest BCUT2D eigenvalue weighted by molar-refractivity contribution is 0.408. The van der Waals surface area contributed by atoms with Gasteiger partial charge >= 0.3 is 0 Å². The Morgan fingerprint density at radius 1 is 1.20 bits per heavy atom. The molecule has 0 fully saturated rings. The topological polar surface area (TPSA) is 47.3 Å². The Hall–Kier alpha value is -2.20. The highest BCUT2D eigenvalue weighted by atomic mass is 35.5. The molecule has 0 saturated heterocycles. The summed E-state index contributed by atoms with van der Waals surface area (Å²) in [7, 11) is 3.45. The molecule has 20 heavy (non-hydrogen) atoms. The number of ether oxygens (including phenoxy) is 1. The third kappa shape index (κ3) is 1.98. The third-order valence-electron chi connectivity index (χ3n) is 3.29. The fourth-order valence-electron chi connectivity index (χ4n) is 2.23. The number of hydrogen-bond donors (Lipinski definition) is 1. The number of rotatable bonds is 2. The number of halogens is 1. The molecule has 0 amide bonds. The molecule has 3 rings (SSSR count). The summed E-state index contributed by atoms with van der Waals surface area (Å²) in [5.74, 6) is 1.42. The highest BCUT2D eigenvalue weighted by molar-refractivity contribution is 6.31. The highest BCUT2D eigenvalue weighted by Crippen LogP contribution is 2.33. The van der Waals surface area contributed by atoms with Crippen LogP contribution in [0, 0.1) is 0 Å². The lowest BCUT2D eigenvalue weighted by atomic mass is 10.2. The summed E-state index contributed by atoms with van der Waals surface area (Å²) in [6.45, 7) is 0. The van der Waals surface area contributed by atoms with Crippen molar-refractivity contribution in [1.82, 2.24) is 9.55 Å². The molecule has 4 nitrogen and oxygen atoms in total. The van der Waals surface area contributed by atoms with Gasteiger partial charge in [-0.15, -0.1) is 0 Å². The van der Waals surface area contributed by atoms with Gasteiger partial charge in [-0.3, -0.25) is 0 Å². The van der Waals surface area contributed by atoms with Gasteiger partial charge in [-0.2, -0.15) is 0 Å². The third-order valence-corrected chi connectivity index (χ3v) is 3.52. The lowest BCUT2D eigenvalue weighted by Gasteiger charge is -2.07. The first kappa shape index (κ1) is 12.8. The van der Waals surface area contributed by atoms with Gasteiger partial charge in [-0.05, 0) is 30.3 Å². The van der Waals surface area contributed by atoms with Crippen molar-refractivity contribution in [3.63, 3.8) is 0 Å². The van der Waals surface area contributed by atoms with Gasteiger partial charge in [-0.25, -0.2) is 4.98 Å². The molecule has 5 heteroatoms. The summed E-state index contributed by atoms with van der Waals surface area (Å²) in [6, 6.07) is 10.7. The summed E-state index contributed by atoms with van der Waals surface area (Å²) >= 11 is 6.01. The van der Waals surface area contributed by atoms with Crippen LogP contribution in [0.5, 0.6) is 11.5 Å². The molecule has 0 aliphatic rings. The van der Waals surface area contributed by atoms with Crippen molar-refractivity contribution in [2.45, 2.75) is 0 Å². The van der Waals surface area contributed by atoms with E-state index in [1.807, 2.05) is 23.7 Å². The molecule has 0 aliphatic carbocycles. The van der Waals surface area contributed by atoms with Gasteiger partial charge in [0.2, 0.25) is 0 Å². The van der Waals surface area contributed by atoms with Crippen LogP contribution in [0.3, 0.4) is 0 Å². The first-order chi connectivity index (χ1) is 9.60. The quantitative estimate of drug-likeness (QED) is 0.783. The minimum atomic E-state index is 0.133. The van der Waals surface area contributed by atoms with Crippen LogP contribution in [0.1, 0.15) is 0 Å². The van der Waals surface area contributed by atoms with Crippen molar-refractivity contribution in [2.75, 3.05) is 7.11 Å². The first-order valence-electron chi connectivity index (χ1n) is 6.09. The van der Waals surface area contributed by atoms with Crippen molar-refractivity contribution in [3.05, 3.63) is 41.4 Å². The Bertz CT molecular complexity index is 796. The molecule has 1 aromatic heterocycles. The standard InChI is InChI=1S/C15H13ClN2O2/c1-18-13-7-9(16)3-6-12(13)17-15(18)11-5-4-10(20-2)8-14(11)19/h3-8,19H,1-2H3. The van der Waals surface area contributed by atoms with Crippen LogP contribution in [0.2, 0.25) is 5.02 Å². The smallest absolute Gasteiger partial charge is 0.144 e. The molecule has 0 atom stereocenters. The van der Waals surface area contributed by atoms with E-state index in [9.17, 15) is 5.11 Å². The van der Waals surface area contributed by atoms with E-state index in [1.165, 1.54) is 0 Å². The Kier molecular flexibility index (Phi) is 3.03. The van der Waals surface area contributed by atoms with E-state index < -0.39 is 0 Å². The molecular weight excluding hydrogens is 276 g/mol. The molecule has 0 saturated carbocycles. The highest BCUT2D eigenvalue weighted by Gasteiger charge is 2.14. The molecule has 102 valence electrons. The minimum absolute atomic E-state index is 0.133. The number of methoxy groups -OCH3 is 1. The van der Waals surface area contributed by atoms with Gasteiger partial charge in [0.25, 0.3) is 0 Å². The van der Waals surface area contributed by atoms with Crippen LogP contribution in [-0.4, -0.2) is 21.8 Å². The van der Waals surface area contributed by atoms with Gasteiger partial charge in [0, 0.05) is 18.1 Å². The fourth-order valence-corrected chi connectivity index (χ4v) is 2.40. The summed E-state index contributed by atoms with van der Waals surface area (Å²) < 4.78 is 6.99. The van der Waals surface area contributed by atoms with E-state index in [-0.39, 0.29) is 5.75 Å². The number of aromatic hydroxyl groups is 1. The number of benzene rings is 2. The maximum absolute atomic E-state index is 10.1. The fraction of sp³-hybridized carbons (Fsp3) is 0.133. The van der Waals surface area contributed by atoms with Crippen LogP contribution in [0.4, 0.5) is 0 Å². The Morgan fingerprint density at radius 3 is 2.70 bits per heavy atom. The maximum atomic E-state index is 10.1. The number of aromatic nitrogens is 2. The molecular formula is C15H13ClN2O2. The zero-order chi connectivity index (χ0) is 14.3. The summed E-state index contributed by atoms with van der Waals surface area (Å²) in [5.41, 5.74) is 2.41. The Morgan fingerprint density at radius 2 is 2.00 bits per heavy atom. The van der Waals surface area contributed by atoms with Gasteiger partial charge in [-0.1, -0.05) is 11.6 Å². The zero-order valence-electron chi connectivity index (χ0n) is 11.1. The second-order valence-electron chi connectivity index (χ2n) is 4.51. The van der Waals surface area contributed by atoms with Crippen molar-refractivity contribution >= 4 is 22.6 Å². The summed E-state index contributed by atoms with van der Waals surface area (Å²) in [6.07, 6.45) is 0. The number of phenolic OH excluding ortho intramolecular Hbond substituents is 1. The average Bonchev–Trinajstić information content (AvgIpc) is 2.76.